The van der Waals surface area contributed by atoms with Gasteiger partial charge in [-0.25, -0.2) is 19.5 Å². The maximum Gasteiger partial charge on any atom is 0.469 e. The van der Waals surface area contributed by atoms with Gasteiger partial charge < -0.3 is 55.6 Å². The molecule has 0 unspecified atom stereocenters. The van der Waals surface area contributed by atoms with Gasteiger partial charge >= 0.3 is 7.82 Å². The first-order chi connectivity index (χ1) is 15.9. The third-order valence-electron chi connectivity index (χ3n) is 5.18. The maximum atomic E-state index is 10.9. The molecule has 0 bridgehead atoms. The molecule has 2 aromatic heterocycles. The minimum Gasteiger partial charge on any atom is -0.394 e. The smallest absolute Gasteiger partial charge is 0.394 e. The number of nitrogens with one attached hydrogen (secondary N) is 1. The first kappa shape index (κ1) is 26.7. The Kier molecular flexibility index (Phi) is 8.51. The Balaban J connectivity index is 1.73. The number of phosphoric ester groups is 1. The van der Waals surface area contributed by atoms with E-state index in [0.717, 1.165) is 6.33 Å². The molecule has 1 aliphatic heterocycles. The van der Waals surface area contributed by atoms with Crippen molar-refractivity contribution in [3.05, 3.63) is 12.7 Å². The molecular weight excluding hydrogens is 485 g/mol. The van der Waals surface area contributed by atoms with E-state index < -0.39 is 70.0 Å². The van der Waals surface area contributed by atoms with Crippen LogP contribution in [0.1, 0.15) is 6.23 Å². The fourth-order valence-electron chi connectivity index (χ4n) is 3.32. The monoisotopic (exact) mass is 511 g/mol. The Hall–Kier alpha value is -1.86. The predicted octanol–water partition coefficient (Wildman–Crippen LogP) is -4.60. The molecule has 1 aliphatic rings. The highest BCUT2D eigenvalue weighted by Crippen LogP contribution is 2.39. The van der Waals surface area contributed by atoms with E-state index in [2.05, 4.69) is 24.8 Å². The number of rotatable bonds is 11. The van der Waals surface area contributed by atoms with E-state index in [1.807, 2.05) is 0 Å². The summed E-state index contributed by atoms with van der Waals surface area (Å²) in [5, 5.41) is 71.1. The second kappa shape index (κ2) is 10.8. The highest BCUT2D eigenvalue weighted by atomic mass is 31.2. The molecule has 10 N–H and O–H groups in total. The number of hydrogen-bond acceptors (Lipinski definition) is 14. The van der Waals surface area contributed by atoms with Crippen LogP contribution < -0.4 is 5.32 Å². The number of aromatic nitrogens is 4. The van der Waals surface area contributed by atoms with Gasteiger partial charge in [-0.1, -0.05) is 0 Å². The average Bonchev–Trinajstić information content (AvgIpc) is 3.35. The van der Waals surface area contributed by atoms with Crippen molar-refractivity contribution in [2.75, 3.05) is 25.1 Å². The van der Waals surface area contributed by atoms with Crippen molar-refractivity contribution < 1.29 is 59.4 Å². The van der Waals surface area contributed by atoms with Crippen molar-refractivity contribution in [1.29, 1.82) is 0 Å². The van der Waals surface area contributed by atoms with Gasteiger partial charge in [0.15, 0.2) is 23.2 Å². The lowest BCUT2D eigenvalue weighted by molar-refractivity contribution is -0.111. The van der Waals surface area contributed by atoms with Gasteiger partial charge in [-0.2, -0.15) is 0 Å². The Morgan fingerprint density at radius 2 is 1.76 bits per heavy atom. The largest absolute Gasteiger partial charge is 0.469 e. The van der Waals surface area contributed by atoms with Gasteiger partial charge in [0.25, 0.3) is 0 Å². The zero-order chi connectivity index (χ0) is 25.2. The van der Waals surface area contributed by atoms with Crippen LogP contribution in [0.4, 0.5) is 5.82 Å². The van der Waals surface area contributed by atoms with E-state index in [1.165, 1.54) is 10.9 Å². The van der Waals surface area contributed by atoms with Crippen LogP contribution in [0.25, 0.3) is 11.2 Å². The number of nitrogens with zero attached hydrogens (tertiary/aromatic N) is 4. The van der Waals surface area contributed by atoms with Gasteiger partial charge in [0.1, 0.15) is 43.0 Å². The molecule has 2 aromatic rings. The first-order valence-corrected chi connectivity index (χ1v) is 11.4. The van der Waals surface area contributed by atoms with Crippen molar-refractivity contribution in [3.63, 3.8) is 0 Å². The Morgan fingerprint density at radius 1 is 1.09 bits per heavy atom. The number of fused-ring (bicyclic) bond motifs is 1. The molecule has 0 radical (unpaired) electrons. The van der Waals surface area contributed by atoms with Crippen LogP contribution in [0.15, 0.2) is 12.7 Å². The summed E-state index contributed by atoms with van der Waals surface area (Å²) in [7, 11) is -4.83. The predicted molar refractivity (Wildman–Crippen MR) is 109 cm³/mol. The molecule has 3 rings (SSSR count). The van der Waals surface area contributed by atoms with E-state index in [4.69, 9.17) is 19.6 Å². The zero-order valence-electron chi connectivity index (χ0n) is 17.4. The summed E-state index contributed by atoms with van der Waals surface area (Å²) < 4.78 is 22.0. The summed E-state index contributed by atoms with van der Waals surface area (Å²) in [5.41, 5.74) is 0.261. The highest BCUT2D eigenvalue weighted by molar-refractivity contribution is 7.46. The Morgan fingerprint density at radius 3 is 2.41 bits per heavy atom. The zero-order valence-corrected chi connectivity index (χ0v) is 18.3. The molecule has 0 aromatic carbocycles. The van der Waals surface area contributed by atoms with Crippen LogP contribution in [0, 0.1) is 0 Å². The van der Waals surface area contributed by atoms with Crippen molar-refractivity contribution in [3.8, 4) is 0 Å². The van der Waals surface area contributed by atoms with Gasteiger partial charge in [-0.15, -0.1) is 0 Å². The lowest BCUT2D eigenvalue weighted by Gasteiger charge is -2.25. The van der Waals surface area contributed by atoms with Crippen LogP contribution in [0.5, 0.6) is 0 Å². The van der Waals surface area contributed by atoms with E-state index in [9.17, 15) is 35.2 Å². The van der Waals surface area contributed by atoms with Gasteiger partial charge in [0.2, 0.25) is 0 Å². The van der Waals surface area contributed by atoms with E-state index in [1.54, 1.807) is 0 Å². The lowest BCUT2D eigenvalue weighted by atomic mass is 10.0. The van der Waals surface area contributed by atoms with E-state index in [-0.39, 0.29) is 23.5 Å². The summed E-state index contributed by atoms with van der Waals surface area (Å²) in [6.45, 7) is -1.86. The van der Waals surface area contributed by atoms with E-state index >= 15 is 0 Å². The Bertz CT molecular complexity index is 1010. The van der Waals surface area contributed by atoms with Crippen LogP contribution in [0.3, 0.4) is 0 Å². The average molecular weight is 511 g/mol. The standard InChI is InChI=1S/C16H26N5O12P/c22-2-7(24)11(26)10(25)6(23)1-17-14-9-15(19-4-18-14)21(5-20-9)16-13(28)12(27)8(33-16)3-32-34(29,30)31/h4-8,10-13,16,22-28H,1-3H2,(H,17,18,19)(H2,29,30,31)/t6-,7+,8+,10+,11+,12+,13+,16+/m0/s1. The molecule has 0 saturated carbocycles. The first-order valence-electron chi connectivity index (χ1n) is 9.90. The van der Waals surface area contributed by atoms with Gasteiger partial charge in [0.05, 0.1) is 25.6 Å². The van der Waals surface area contributed by atoms with E-state index in [0.29, 0.717) is 0 Å². The van der Waals surface area contributed by atoms with Crippen molar-refractivity contribution in [2.24, 2.45) is 0 Å². The van der Waals surface area contributed by atoms with Crippen LogP contribution in [-0.2, 0) is 13.8 Å². The van der Waals surface area contributed by atoms with Gasteiger partial charge in [-0.3, -0.25) is 9.09 Å². The van der Waals surface area contributed by atoms with Crippen molar-refractivity contribution >= 4 is 24.8 Å². The highest BCUT2D eigenvalue weighted by Gasteiger charge is 2.45. The molecule has 3 heterocycles. The topological polar surface area (TPSA) is 273 Å². The third kappa shape index (κ3) is 5.85. The second-order valence-electron chi connectivity index (χ2n) is 7.56. The molecule has 18 heteroatoms. The number of aliphatic hydroxyl groups is 7. The molecule has 192 valence electrons. The van der Waals surface area contributed by atoms with Gasteiger partial charge in [0, 0.05) is 6.54 Å². The lowest BCUT2D eigenvalue weighted by Crippen LogP contribution is -2.48. The molecule has 0 spiro atoms. The SMILES string of the molecule is O=P(O)(O)OC[C@H]1O[C@@H](n2cnc3c(NC[C@H](O)[C@@H](O)[C@H](O)[C@H](O)CO)ncnc32)[C@H](O)[C@@H]1O. The van der Waals surface area contributed by atoms with Crippen molar-refractivity contribution in [2.45, 2.75) is 49.0 Å². The molecule has 34 heavy (non-hydrogen) atoms. The fourth-order valence-corrected chi connectivity index (χ4v) is 3.66. The summed E-state index contributed by atoms with van der Waals surface area (Å²) >= 11 is 0. The second-order valence-corrected chi connectivity index (χ2v) is 8.80. The number of ether oxygens (including phenoxy) is 1. The number of hydrogen-bond donors (Lipinski definition) is 10. The molecule has 1 saturated heterocycles. The number of aliphatic hydroxyl groups excluding tert-OH is 7. The molecule has 0 amide bonds. The van der Waals surface area contributed by atoms with Crippen molar-refractivity contribution in [1.82, 2.24) is 19.5 Å². The quantitative estimate of drug-likeness (QED) is 0.127. The Labute approximate surface area is 191 Å². The summed E-state index contributed by atoms with van der Waals surface area (Å²) in [6, 6.07) is 0. The molecule has 8 atom stereocenters. The molecule has 0 aliphatic carbocycles. The maximum absolute atomic E-state index is 10.9. The third-order valence-corrected chi connectivity index (χ3v) is 5.67. The minimum atomic E-state index is -4.83. The molecule has 1 fully saturated rings. The summed E-state index contributed by atoms with van der Waals surface area (Å²) in [6.07, 6.45) is -10.1. The number of phosphoric acid groups is 1. The molecular formula is C16H26N5O12P. The normalized spacial score (nSPS) is 27.0. The summed E-state index contributed by atoms with van der Waals surface area (Å²) in [5.74, 6) is 0.0848. The number of anilines is 1. The number of imidazole rings is 1. The van der Waals surface area contributed by atoms with Crippen LogP contribution in [0.2, 0.25) is 0 Å². The minimum absolute atomic E-state index is 0.0848. The summed E-state index contributed by atoms with van der Waals surface area (Å²) in [4.78, 5) is 29.8. The van der Waals surface area contributed by atoms with Gasteiger partial charge in [-0.05, 0) is 0 Å². The fraction of sp³-hybridized carbons (Fsp3) is 0.688. The van der Waals surface area contributed by atoms with Crippen LogP contribution >= 0.6 is 7.82 Å². The molecule has 17 nitrogen and oxygen atoms in total. The van der Waals surface area contributed by atoms with Crippen LogP contribution in [-0.4, -0.2) is 128 Å².